The molecule has 0 unspecified atom stereocenters. The summed E-state index contributed by atoms with van der Waals surface area (Å²) in [5.41, 5.74) is -2.99. The molecule has 160 valence electrons. The Morgan fingerprint density at radius 2 is 2.00 bits per heavy atom. The van der Waals surface area contributed by atoms with E-state index in [1.54, 1.807) is 0 Å². The van der Waals surface area contributed by atoms with Crippen LogP contribution in [0.3, 0.4) is 0 Å². The summed E-state index contributed by atoms with van der Waals surface area (Å²) in [5.74, 6) is 3.89. The van der Waals surface area contributed by atoms with Gasteiger partial charge in [0.15, 0.2) is 0 Å². The van der Waals surface area contributed by atoms with Crippen molar-refractivity contribution in [3.63, 3.8) is 0 Å². The first-order chi connectivity index (χ1) is 15.7. The van der Waals surface area contributed by atoms with Gasteiger partial charge in [-0.3, -0.25) is 4.57 Å². The Hall–Kier alpha value is -3.05. The van der Waals surface area contributed by atoms with Crippen molar-refractivity contribution in [1.82, 2.24) is 9.55 Å². The van der Waals surface area contributed by atoms with Crippen LogP contribution in [0.2, 0.25) is 5.02 Å². The maximum Gasteiger partial charge on any atom is 0.405 e. The molecule has 1 aromatic heterocycles. The van der Waals surface area contributed by atoms with Gasteiger partial charge >= 0.3 is 11.9 Å². The number of hydrogen-bond donors (Lipinski definition) is 0. The Morgan fingerprint density at radius 3 is 2.65 bits per heavy atom. The zero-order chi connectivity index (χ0) is 25.1. The molecule has 4 rings (SSSR count). The number of halogens is 5. The van der Waals surface area contributed by atoms with Crippen LogP contribution in [-0.4, -0.2) is 22.8 Å². The molecule has 3 aromatic rings. The van der Waals surface area contributed by atoms with Gasteiger partial charge in [-0.2, -0.15) is 18.2 Å². The molecular formula is C22H16ClF4N3O. The van der Waals surface area contributed by atoms with Gasteiger partial charge in [0.1, 0.15) is 17.1 Å². The van der Waals surface area contributed by atoms with Crippen molar-refractivity contribution in [2.75, 3.05) is 11.9 Å². The number of hydrogen-bond acceptors (Lipinski definition) is 3. The molecule has 1 aliphatic carbocycles. The first kappa shape index (κ1) is 17.6. The lowest BCUT2D eigenvalue weighted by molar-refractivity contribution is -0.168. The highest BCUT2D eigenvalue weighted by molar-refractivity contribution is 6.31. The third-order valence-electron chi connectivity index (χ3n) is 5.16. The summed E-state index contributed by atoms with van der Waals surface area (Å²) in [6.07, 6.45) is -4.68. The maximum atomic E-state index is 14.3. The topological polar surface area (TPSA) is 38.1 Å². The summed E-state index contributed by atoms with van der Waals surface area (Å²) in [5, 5.41) is 0.431. The normalized spacial score (nSPS) is 16.6. The van der Waals surface area contributed by atoms with Gasteiger partial charge in [0, 0.05) is 39.8 Å². The smallest absolute Gasteiger partial charge is 0.329 e. The van der Waals surface area contributed by atoms with Crippen molar-refractivity contribution in [3.8, 4) is 11.8 Å². The molecule has 0 bridgehead atoms. The predicted octanol–water partition coefficient (Wildman–Crippen LogP) is 5.19. The molecule has 0 spiro atoms. The van der Waals surface area contributed by atoms with Crippen molar-refractivity contribution in [2.45, 2.75) is 19.0 Å². The maximum absolute atomic E-state index is 14.3. The lowest BCUT2D eigenvalue weighted by atomic mass is 10.1. The number of fused-ring (bicyclic) bond motifs is 1. The highest BCUT2D eigenvalue weighted by Crippen LogP contribution is 2.57. The number of anilines is 2. The summed E-state index contributed by atoms with van der Waals surface area (Å²) in [6.45, 7) is -2.83. The molecule has 1 aliphatic rings. The average molecular weight is 453 g/mol. The number of aryl methyl sites for hydroxylation is 1. The van der Waals surface area contributed by atoms with E-state index in [4.69, 9.17) is 15.7 Å². The standard InChI is InChI=1S/C22H16ClF4N3O/c1-29(19-17-4-3-14(23)11-18(17)30(2)20(31)28-19)16-10-13(9-15(24)12-16)5-6-21(7-8-21)22(25,26)27/h3-4,9-12H,7-8H2,1-2H3/i2D3. The van der Waals surface area contributed by atoms with Crippen LogP contribution < -0.4 is 10.6 Å². The Kier molecular flexibility index (Phi) is 4.13. The van der Waals surface area contributed by atoms with Crippen LogP contribution in [-0.2, 0) is 6.98 Å². The molecule has 2 aromatic carbocycles. The SMILES string of the molecule is [2H]C([2H])([2H])n1c(=O)nc(N(C)c2cc(F)cc(C#CC3(C(F)(F)F)CC3)c2)c2ccc(Cl)cc21. The van der Waals surface area contributed by atoms with Crippen LogP contribution in [0.5, 0.6) is 0 Å². The minimum absolute atomic E-state index is 0.00776. The molecule has 0 saturated heterocycles. The van der Waals surface area contributed by atoms with E-state index in [0.29, 0.717) is 4.57 Å². The van der Waals surface area contributed by atoms with Gasteiger partial charge in [-0.05, 0) is 49.2 Å². The van der Waals surface area contributed by atoms with Crippen molar-refractivity contribution >= 4 is 34.0 Å². The van der Waals surface area contributed by atoms with E-state index in [1.807, 2.05) is 0 Å². The van der Waals surface area contributed by atoms with E-state index in [9.17, 15) is 22.4 Å². The fourth-order valence-electron chi connectivity index (χ4n) is 3.20. The Balaban J connectivity index is 1.83. The zero-order valence-corrected chi connectivity index (χ0v) is 16.8. The van der Waals surface area contributed by atoms with E-state index < -0.39 is 30.1 Å². The Morgan fingerprint density at radius 1 is 1.26 bits per heavy atom. The fourth-order valence-corrected chi connectivity index (χ4v) is 3.36. The lowest BCUT2D eigenvalue weighted by Gasteiger charge is -2.21. The summed E-state index contributed by atoms with van der Waals surface area (Å²) in [6, 6.07) is 7.72. The molecule has 1 heterocycles. The van der Waals surface area contributed by atoms with Gasteiger partial charge in [-0.25, -0.2) is 9.18 Å². The number of rotatable bonds is 2. The fraction of sp³-hybridized carbons (Fsp3) is 0.273. The molecule has 1 saturated carbocycles. The van der Waals surface area contributed by atoms with Crippen LogP contribution in [0.4, 0.5) is 29.1 Å². The second kappa shape index (κ2) is 7.27. The van der Waals surface area contributed by atoms with Crippen molar-refractivity contribution in [2.24, 2.45) is 12.4 Å². The van der Waals surface area contributed by atoms with E-state index in [0.717, 1.165) is 12.1 Å². The van der Waals surface area contributed by atoms with Gasteiger partial charge < -0.3 is 4.90 Å². The Labute approximate surface area is 184 Å². The minimum Gasteiger partial charge on any atom is -0.329 e. The van der Waals surface area contributed by atoms with Crippen LogP contribution in [0.15, 0.2) is 41.2 Å². The highest BCUT2D eigenvalue weighted by atomic mass is 35.5. The van der Waals surface area contributed by atoms with Crippen LogP contribution in [0.1, 0.15) is 22.5 Å². The van der Waals surface area contributed by atoms with Gasteiger partial charge in [0.25, 0.3) is 0 Å². The molecule has 31 heavy (non-hydrogen) atoms. The van der Waals surface area contributed by atoms with E-state index in [-0.39, 0.29) is 45.8 Å². The first-order valence-electron chi connectivity index (χ1n) is 10.6. The van der Waals surface area contributed by atoms with Crippen LogP contribution in [0.25, 0.3) is 10.9 Å². The Bertz CT molecular complexity index is 1420. The highest BCUT2D eigenvalue weighted by Gasteiger charge is 2.62. The van der Waals surface area contributed by atoms with Crippen molar-refractivity contribution in [1.29, 1.82) is 0 Å². The van der Waals surface area contributed by atoms with Crippen molar-refractivity contribution < 1.29 is 21.7 Å². The quantitative estimate of drug-likeness (QED) is 0.397. The second-order valence-corrected chi connectivity index (χ2v) is 7.74. The molecule has 1 fully saturated rings. The molecule has 4 nitrogen and oxygen atoms in total. The van der Waals surface area contributed by atoms with E-state index >= 15 is 0 Å². The van der Waals surface area contributed by atoms with E-state index in [1.165, 1.54) is 36.2 Å². The van der Waals surface area contributed by atoms with E-state index in [2.05, 4.69) is 16.8 Å². The van der Waals surface area contributed by atoms with Gasteiger partial charge in [-0.15, -0.1) is 0 Å². The average Bonchev–Trinajstić information content (AvgIpc) is 3.51. The lowest BCUT2D eigenvalue weighted by Crippen LogP contribution is -2.24. The predicted molar refractivity (Wildman–Crippen MR) is 111 cm³/mol. The van der Waals surface area contributed by atoms with Gasteiger partial charge in [0.2, 0.25) is 0 Å². The van der Waals surface area contributed by atoms with Crippen LogP contribution >= 0.6 is 11.6 Å². The molecule has 0 aliphatic heterocycles. The number of nitrogens with zero attached hydrogens (tertiary/aromatic N) is 3. The number of aromatic nitrogens is 2. The third-order valence-corrected chi connectivity index (χ3v) is 5.40. The summed E-state index contributed by atoms with van der Waals surface area (Å²) >= 11 is 6.01. The van der Waals surface area contributed by atoms with Gasteiger partial charge in [-0.1, -0.05) is 23.4 Å². The summed E-state index contributed by atoms with van der Waals surface area (Å²) < 4.78 is 77.4. The molecule has 9 heteroatoms. The van der Waals surface area contributed by atoms with Crippen LogP contribution in [0, 0.1) is 23.1 Å². The monoisotopic (exact) mass is 452 g/mol. The molecule has 0 N–H and O–H groups in total. The third kappa shape index (κ3) is 3.86. The van der Waals surface area contributed by atoms with Gasteiger partial charge in [0.05, 0.1) is 5.52 Å². The molecule has 0 radical (unpaired) electrons. The largest absolute Gasteiger partial charge is 0.405 e. The second-order valence-electron chi connectivity index (χ2n) is 7.30. The molecule has 0 atom stereocenters. The minimum atomic E-state index is -4.47. The van der Waals surface area contributed by atoms with Crippen molar-refractivity contribution in [3.05, 3.63) is 63.3 Å². The zero-order valence-electron chi connectivity index (χ0n) is 19.0. The number of alkyl halides is 3. The first-order valence-corrected chi connectivity index (χ1v) is 9.47. The number of benzene rings is 2. The molecule has 0 amide bonds. The summed E-state index contributed by atoms with van der Waals surface area (Å²) in [4.78, 5) is 17.8. The molecular weight excluding hydrogens is 434 g/mol. The summed E-state index contributed by atoms with van der Waals surface area (Å²) in [7, 11) is 1.46.